The summed E-state index contributed by atoms with van der Waals surface area (Å²) in [6, 6.07) is 0. The SMILES string of the molecule is O=C(NCC1CCCCC1O)C1COCCO1. The summed E-state index contributed by atoms with van der Waals surface area (Å²) >= 11 is 0. The van der Waals surface area contributed by atoms with Crippen molar-refractivity contribution in [2.24, 2.45) is 5.92 Å². The van der Waals surface area contributed by atoms with E-state index >= 15 is 0 Å². The molecule has 2 N–H and O–H groups in total. The first kappa shape index (κ1) is 12.8. The molecule has 5 heteroatoms. The minimum atomic E-state index is -0.482. The molecule has 1 aliphatic carbocycles. The van der Waals surface area contributed by atoms with Gasteiger partial charge < -0.3 is 19.9 Å². The fourth-order valence-electron chi connectivity index (χ4n) is 2.41. The third kappa shape index (κ3) is 3.66. The quantitative estimate of drug-likeness (QED) is 0.736. The van der Waals surface area contributed by atoms with Gasteiger partial charge in [-0.25, -0.2) is 0 Å². The minimum absolute atomic E-state index is 0.123. The Bertz CT molecular complexity index is 253. The number of hydrogen-bond donors (Lipinski definition) is 2. The number of aliphatic hydroxyl groups excluding tert-OH is 1. The number of rotatable bonds is 3. The summed E-state index contributed by atoms with van der Waals surface area (Å²) in [5, 5.41) is 12.6. The summed E-state index contributed by atoms with van der Waals surface area (Å²) in [6.45, 7) is 1.91. The number of hydrogen-bond acceptors (Lipinski definition) is 4. The summed E-state index contributed by atoms with van der Waals surface area (Å²) in [4.78, 5) is 11.7. The van der Waals surface area contributed by atoms with Crippen LogP contribution in [-0.4, -0.2) is 49.6 Å². The highest BCUT2D eigenvalue weighted by Gasteiger charge is 2.26. The molecular weight excluding hydrogens is 222 g/mol. The zero-order chi connectivity index (χ0) is 12.1. The van der Waals surface area contributed by atoms with Gasteiger partial charge in [0, 0.05) is 12.5 Å². The molecular formula is C12H21NO4. The largest absolute Gasteiger partial charge is 0.393 e. The van der Waals surface area contributed by atoms with Crippen molar-refractivity contribution in [3.63, 3.8) is 0 Å². The third-order valence-corrected chi connectivity index (χ3v) is 3.52. The van der Waals surface area contributed by atoms with Gasteiger partial charge in [0.25, 0.3) is 5.91 Å². The van der Waals surface area contributed by atoms with Crippen molar-refractivity contribution in [2.75, 3.05) is 26.4 Å². The molecule has 0 radical (unpaired) electrons. The summed E-state index contributed by atoms with van der Waals surface area (Å²) < 4.78 is 10.5. The van der Waals surface area contributed by atoms with Gasteiger partial charge in [-0.05, 0) is 12.8 Å². The molecule has 2 aliphatic rings. The Morgan fingerprint density at radius 3 is 2.82 bits per heavy atom. The fraction of sp³-hybridized carbons (Fsp3) is 0.917. The van der Waals surface area contributed by atoms with Crippen molar-refractivity contribution in [1.29, 1.82) is 0 Å². The molecule has 0 aromatic rings. The number of carbonyl (C=O) groups excluding carboxylic acids is 1. The Morgan fingerprint density at radius 2 is 2.12 bits per heavy atom. The maximum atomic E-state index is 11.7. The molecule has 0 aromatic carbocycles. The Hall–Kier alpha value is -0.650. The van der Waals surface area contributed by atoms with E-state index in [4.69, 9.17) is 9.47 Å². The van der Waals surface area contributed by atoms with Crippen LogP contribution in [0.25, 0.3) is 0 Å². The fourth-order valence-corrected chi connectivity index (χ4v) is 2.41. The van der Waals surface area contributed by atoms with Crippen LogP contribution in [0.4, 0.5) is 0 Å². The van der Waals surface area contributed by atoms with Gasteiger partial charge in [-0.3, -0.25) is 4.79 Å². The van der Waals surface area contributed by atoms with Crippen molar-refractivity contribution in [3.8, 4) is 0 Å². The number of amides is 1. The van der Waals surface area contributed by atoms with Crippen molar-refractivity contribution in [3.05, 3.63) is 0 Å². The van der Waals surface area contributed by atoms with Crippen LogP contribution in [0.2, 0.25) is 0 Å². The van der Waals surface area contributed by atoms with Crippen molar-refractivity contribution in [1.82, 2.24) is 5.32 Å². The molecule has 1 amide bonds. The van der Waals surface area contributed by atoms with Gasteiger partial charge in [-0.2, -0.15) is 0 Å². The monoisotopic (exact) mass is 243 g/mol. The normalized spacial score (nSPS) is 34.3. The summed E-state index contributed by atoms with van der Waals surface area (Å²) in [7, 11) is 0. The highest BCUT2D eigenvalue weighted by molar-refractivity contribution is 5.80. The van der Waals surface area contributed by atoms with Gasteiger partial charge in [-0.15, -0.1) is 0 Å². The van der Waals surface area contributed by atoms with Crippen LogP contribution in [-0.2, 0) is 14.3 Å². The zero-order valence-corrected chi connectivity index (χ0v) is 10.1. The van der Waals surface area contributed by atoms with E-state index in [9.17, 15) is 9.90 Å². The van der Waals surface area contributed by atoms with Gasteiger partial charge >= 0.3 is 0 Å². The average molecular weight is 243 g/mol. The first-order valence-corrected chi connectivity index (χ1v) is 6.42. The number of nitrogens with one attached hydrogen (secondary N) is 1. The second-order valence-electron chi connectivity index (χ2n) is 4.79. The van der Waals surface area contributed by atoms with Crippen LogP contribution in [0, 0.1) is 5.92 Å². The highest BCUT2D eigenvalue weighted by atomic mass is 16.6. The number of ether oxygens (including phenoxy) is 2. The van der Waals surface area contributed by atoms with Gasteiger partial charge in [0.15, 0.2) is 6.10 Å². The molecule has 3 unspecified atom stereocenters. The summed E-state index contributed by atoms with van der Waals surface area (Å²) in [5.41, 5.74) is 0. The van der Waals surface area contributed by atoms with Crippen LogP contribution in [0.5, 0.6) is 0 Å². The van der Waals surface area contributed by atoms with Gasteiger partial charge in [0.2, 0.25) is 0 Å². The Kier molecular flexibility index (Phi) is 4.76. The molecule has 1 heterocycles. The van der Waals surface area contributed by atoms with Gasteiger partial charge in [0.1, 0.15) is 0 Å². The Balaban J connectivity index is 1.71. The number of carbonyl (C=O) groups is 1. The molecule has 5 nitrogen and oxygen atoms in total. The van der Waals surface area contributed by atoms with Crippen LogP contribution in [0.15, 0.2) is 0 Å². The number of aliphatic hydroxyl groups is 1. The van der Waals surface area contributed by atoms with Crippen LogP contribution in [0.3, 0.4) is 0 Å². The zero-order valence-electron chi connectivity index (χ0n) is 10.1. The lowest BCUT2D eigenvalue weighted by Gasteiger charge is -2.29. The maximum absolute atomic E-state index is 11.7. The maximum Gasteiger partial charge on any atom is 0.251 e. The molecule has 1 saturated carbocycles. The van der Waals surface area contributed by atoms with Crippen molar-refractivity contribution >= 4 is 5.91 Å². The van der Waals surface area contributed by atoms with Crippen molar-refractivity contribution in [2.45, 2.75) is 37.9 Å². The molecule has 0 aromatic heterocycles. The predicted octanol–water partition coefficient (Wildman–Crippen LogP) is 0.0691. The van der Waals surface area contributed by atoms with E-state index < -0.39 is 6.10 Å². The second kappa shape index (κ2) is 6.33. The predicted molar refractivity (Wildman–Crippen MR) is 61.5 cm³/mol. The summed E-state index contributed by atoms with van der Waals surface area (Å²) in [6.07, 6.45) is 3.32. The third-order valence-electron chi connectivity index (χ3n) is 3.52. The van der Waals surface area contributed by atoms with Crippen molar-refractivity contribution < 1.29 is 19.4 Å². The Morgan fingerprint density at radius 1 is 1.29 bits per heavy atom. The molecule has 3 atom stereocenters. The van der Waals surface area contributed by atoms with E-state index in [1.807, 2.05) is 0 Å². The van der Waals surface area contributed by atoms with E-state index in [1.165, 1.54) is 0 Å². The Labute approximate surface area is 101 Å². The van der Waals surface area contributed by atoms with Gasteiger partial charge in [-0.1, -0.05) is 12.8 Å². The van der Waals surface area contributed by atoms with Crippen LogP contribution in [0.1, 0.15) is 25.7 Å². The second-order valence-corrected chi connectivity index (χ2v) is 4.79. The topological polar surface area (TPSA) is 67.8 Å². The van der Waals surface area contributed by atoms with Crippen LogP contribution >= 0.6 is 0 Å². The molecule has 2 rings (SSSR count). The minimum Gasteiger partial charge on any atom is -0.393 e. The smallest absolute Gasteiger partial charge is 0.251 e. The molecule has 0 bridgehead atoms. The molecule has 17 heavy (non-hydrogen) atoms. The lowest BCUT2D eigenvalue weighted by atomic mass is 9.86. The van der Waals surface area contributed by atoms with E-state index in [-0.39, 0.29) is 17.9 Å². The van der Waals surface area contributed by atoms with E-state index in [2.05, 4.69) is 5.32 Å². The molecule has 1 aliphatic heterocycles. The first-order valence-electron chi connectivity index (χ1n) is 6.42. The highest BCUT2D eigenvalue weighted by Crippen LogP contribution is 2.23. The van der Waals surface area contributed by atoms with Crippen LogP contribution < -0.4 is 5.32 Å². The molecule has 98 valence electrons. The molecule has 2 fully saturated rings. The first-order chi connectivity index (χ1) is 8.27. The molecule has 1 saturated heterocycles. The van der Waals surface area contributed by atoms with Gasteiger partial charge in [0.05, 0.1) is 25.9 Å². The average Bonchev–Trinajstić information content (AvgIpc) is 2.38. The molecule has 0 spiro atoms. The van der Waals surface area contributed by atoms with E-state index in [0.29, 0.717) is 26.4 Å². The van der Waals surface area contributed by atoms with E-state index in [1.54, 1.807) is 0 Å². The standard InChI is InChI=1S/C12H21NO4/c14-10-4-2-1-3-9(10)7-13-12(15)11-8-16-5-6-17-11/h9-11,14H,1-8H2,(H,13,15). The lowest BCUT2D eigenvalue weighted by Crippen LogP contribution is -2.45. The van der Waals surface area contributed by atoms with E-state index in [0.717, 1.165) is 25.7 Å². The summed E-state index contributed by atoms with van der Waals surface area (Å²) in [5.74, 6) is 0.0692. The lowest BCUT2D eigenvalue weighted by molar-refractivity contribution is -0.147.